The van der Waals surface area contributed by atoms with Gasteiger partial charge < -0.3 is 10.6 Å². The molecular weight excluding hydrogens is 275 g/mol. The van der Waals surface area contributed by atoms with E-state index in [9.17, 15) is 4.39 Å². The molecule has 2 N–H and O–H groups in total. The van der Waals surface area contributed by atoms with E-state index in [1.165, 1.54) is 12.1 Å². The molecule has 0 saturated carbocycles. The van der Waals surface area contributed by atoms with Crippen LogP contribution in [-0.4, -0.2) is 13.1 Å². The molecule has 2 rings (SSSR count). The number of rotatable bonds is 5. The third-order valence-corrected chi connectivity index (χ3v) is 3.55. The van der Waals surface area contributed by atoms with Crippen LogP contribution in [0.25, 0.3) is 0 Å². The summed E-state index contributed by atoms with van der Waals surface area (Å²) in [5.74, 6) is -0.244. The Bertz CT molecular complexity index is 586. The van der Waals surface area contributed by atoms with Crippen molar-refractivity contribution in [1.29, 1.82) is 0 Å². The lowest BCUT2D eigenvalue weighted by Gasteiger charge is -2.24. The molecule has 0 unspecified atom stereocenters. The standard InChI is InChI=1S/C16H18ClFN2/c1-2-20(14-5-3-4-13(18)10-14)15-7-6-12(8-9-19)16(17)11-15/h3-7,10-11H,2,8-9,19H2,1H3. The number of hydrogen-bond acceptors (Lipinski definition) is 2. The topological polar surface area (TPSA) is 29.3 Å². The Morgan fingerprint density at radius 2 is 1.90 bits per heavy atom. The van der Waals surface area contributed by atoms with Gasteiger partial charge in [-0.25, -0.2) is 4.39 Å². The van der Waals surface area contributed by atoms with E-state index in [1.54, 1.807) is 6.07 Å². The molecule has 20 heavy (non-hydrogen) atoms. The van der Waals surface area contributed by atoms with Gasteiger partial charge in [-0.2, -0.15) is 0 Å². The molecule has 0 radical (unpaired) electrons. The molecule has 0 aliphatic heterocycles. The molecule has 0 atom stereocenters. The molecule has 2 aromatic rings. The van der Waals surface area contributed by atoms with E-state index < -0.39 is 0 Å². The zero-order chi connectivity index (χ0) is 14.5. The average Bonchev–Trinajstić information content (AvgIpc) is 2.43. The zero-order valence-corrected chi connectivity index (χ0v) is 12.2. The van der Waals surface area contributed by atoms with Gasteiger partial charge in [0.05, 0.1) is 0 Å². The highest BCUT2D eigenvalue weighted by Gasteiger charge is 2.10. The first-order valence-electron chi connectivity index (χ1n) is 6.67. The molecule has 4 heteroatoms. The number of hydrogen-bond donors (Lipinski definition) is 1. The summed E-state index contributed by atoms with van der Waals surface area (Å²) in [6, 6.07) is 12.4. The molecule has 0 amide bonds. The van der Waals surface area contributed by atoms with E-state index in [-0.39, 0.29) is 5.82 Å². The first-order chi connectivity index (χ1) is 9.65. The highest BCUT2D eigenvalue weighted by molar-refractivity contribution is 6.31. The predicted octanol–water partition coefficient (Wildman–Crippen LogP) is 4.14. The Morgan fingerprint density at radius 1 is 1.15 bits per heavy atom. The lowest BCUT2D eigenvalue weighted by Crippen LogP contribution is -2.16. The van der Waals surface area contributed by atoms with E-state index in [2.05, 4.69) is 0 Å². The average molecular weight is 293 g/mol. The molecule has 0 bridgehead atoms. The molecule has 0 heterocycles. The largest absolute Gasteiger partial charge is 0.342 e. The highest BCUT2D eigenvalue weighted by atomic mass is 35.5. The van der Waals surface area contributed by atoms with Crippen molar-refractivity contribution in [2.24, 2.45) is 5.73 Å². The molecule has 0 aliphatic rings. The van der Waals surface area contributed by atoms with Crippen LogP contribution < -0.4 is 10.6 Å². The van der Waals surface area contributed by atoms with Gasteiger partial charge in [-0.05, 0) is 55.8 Å². The quantitative estimate of drug-likeness (QED) is 0.897. The smallest absolute Gasteiger partial charge is 0.125 e. The predicted molar refractivity (Wildman–Crippen MR) is 83.3 cm³/mol. The monoisotopic (exact) mass is 292 g/mol. The van der Waals surface area contributed by atoms with Crippen LogP contribution in [0.3, 0.4) is 0 Å². The van der Waals surface area contributed by atoms with Crippen molar-refractivity contribution in [3.05, 3.63) is 58.9 Å². The fourth-order valence-electron chi connectivity index (χ4n) is 2.22. The van der Waals surface area contributed by atoms with Crippen LogP contribution in [0.1, 0.15) is 12.5 Å². The fourth-order valence-corrected chi connectivity index (χ4v) is 2.49. The molecule has 0 fully saturated rings. The van der Waals surface area contributed by atoms with Crippen molar-refractivity contribution >= 4 is 23.0 Å². The molecule has 0 saturated heterocycles. The van der Waals surface area contributed by atoms with Gasteiger partial charge in [-0.15, -0.1) is 0 Å². The molecular formula is C16H18ClFN2. The second-order valence-corrected chi connectivity index (χ2v) is 4.95. The summed E-state index contributed by atoms with van der Waals surface area (Å²) in [5, 5.41) is 0.697. The first-order valence-corrected chi connectivity index (χ1v) is 7.05. The Hall–Kier alpha value is -1.58. The minimum Gasteiger partial charge on any atom is -0.342 e. The molecule has 0 aliphatic carbocycles. The lowest BCUT2D eigenvalue weighted by molar-refractivity contribution is 0.627. The maximum absolute atomic E-state index is 13.4. The second-order valence-electron chi connectivity index (χ2n) is 4.54. The Labute approximate surface area is 124 Å². The summed E-state index contributed by atoms with van der Waals surface area (Å²) in [6.07, 6.45) is 0.755. The van der Waals surface area contributed by atoms with Crippen LogP contribution in [0.2, 0.25) is 5.02 Å². The lowest BCUT2D eigenvalue weighted by atomic mass is 10.1. The van der Waals surface area contributed by atoms with Crippen LogP contribution in [0.15, 0.2) is 42.5 Å². The van der Waals surface area contributed by atoms with E-state index in [0.717, 1.165) is 29.9 Å². The zero-order valence-electron chi connectivity index (χ0n) is 11.4. The van der Waals surface area contributed by atoms with Gasteiger partial charge in [-0.1, -0.05) is 23.7 Å². The molecule has 106 valence electrons. The van der Waals surface area contributed by atoms with Gasteiger partial charge in [0.15, 0.2) is 0 Å². The Morgan fingerprint density at radius 3 is 2.50 bits per heavy atom. The van der Waals surface area contributed by atoms with E-state index >= 15 is 0 Å². The molecule has 2 aromatic carbocycles. The van der Waals surface area contributed by atoms with Crippen LogP contribution >= 0.6 is 11.6 Å². The van der Waals surface area contributed by atoms with Gasteiger partial charge in [0, 0.05) is 22.9 Å². The van der Waals surface area contributed by atoms with E-state index in [4.69, 9.17) is 17.3 Å². The van der Waals surface area contributed by atoms with Crippen LogP contribution in [0, 0.1) is 5.82 Å². The Kier molecular flexibility index (Phi) is 4.99. The minimum atomic E-state index is -0.244. The molecule has 2 nitrogen and oxygen atoms in total. The van der Waals surface area contributed by atoms with Crippen molar-refractivity contribution in [2.45, 2.75) is 13.3 Å². The maximum Gasteiger partial charge on any atom is 0.125 e. The summed E-state index contributed by atoms with van der Waals surface area (Å²) in [4.78, 5) is 2.02. The van der Waals surface area contributed by atoms with Gasteiger partial charge >= 0.3 is 0 Å². The summed E-state index contributed by atoms with van der Waals surface area (Å²) < 4.78 is 13.4. The second kappa shape index (κ2) is 6.73. The number of halogens is 2. The number of benzene rings is 2. The number of anilines is 2. The van der Waals surface area contributed by atoms with Crippen molar-refractivity contribution in [2.75, 3.05) is 18.0 Å². The molecule has 0 spiro atoms. The van der Waals surface area contributed by atoms with Gasteiger partial charge in [0.25, 0.3) is 0 Å². The van der Waals surface area contributed by atoms with Gasteiger partial charge in [0.1, 0.15) is 5.82 Å². The normalized spacial score (nSPS) is 10.6. The summed E-state index contributed by atoms with van der Waals surface area (Å²) >= 11 is 6.27. The van der Waals surface area contributed by atoms with Crippen molar-refractivity contribution in [3.63, 3.8) is 0 Å². The number of nitrogens with zero attached hydrogens (tertiary/aromatic N) is 1. The summed E-state index contributed by atoms with van der Waals surface area (Å²) in [6.45, 7) is 3.32. The molecule has 0 aromatic heterocycles. The highest BCUT2D eigenvalue weighted by Crippen LogP contribution is 2.29. The van der Waals surface area contributed by atoms with Crippen molar-refractivity contribution in [1.82, 2.24) is 0 Å². The Balaban J connectivity index is 2.35. The third-order valence-electron chi connectivity index (χ3n) is 3.20. The minimum absolute atomic E-state index is 0.244. The van der Waals surface area contributed by atoms with Crippen LogP contribution in [-0.2, 0) is 6.42 Å². The summed E-state index contributed by atoms with van der Waals surface area (Å²) in [5.41, 5.74) is 8.35. The van der Waals surface area contributed by atoms with Crippen molar-refractivity contribution in [3.8, 4) is 0 Å². The van der Waals surface area contributed by atoms with Gasteiger partial charge in [-0.3, -0.25) is 0 Å². The van der Waals surface area contributed by atoms with E-state index in [1.807, 2.05) is 36.1 Å². The SMILES string of the molecule is CCN(c1cccc(F)c1)c1ccc(CCN)c(Cl)c1. The summed E-state index contributed by atoms with van der Waals surface area (Å²) in [7, 11) is 0. The first kappa shape index (κ1) is 14.8. The van der Waals surface area contributed by atoms with E-state index in [0.29, 0.717) is 11.6 Å². The fraction of sp³-hybridized carbons (Fsp3) is 0.250. The number of nitrogens with two attached hydrogens (primary N) is 1. The maximum atomic E-state index is 13.4. The van der Waals surface area contributed by atoms with Crippen molar-refractivity contribution < 1.29 is 4.39 Å². The van der Waals surface area contributed by atoms with Gasteiger partial charge in [0.2, 0.25) is 0 Å². The van der Waals surface area contributed by atoms with Crippen LogP contribution in [0.5, 0.6) is 0 Å². The van der Waals surface area contributed by atoms with Crippen LogP contribution in [0.4, 0.5) is 15.8 Å². The third kappa shape index (κ3) is 3.30.